The van der Waals surface area contributed by atoms with E-state index in [0.717, 1.165) is 56.6 Å². The van der Waals surface area contributed by atoms with Crippen LogP contribution in [0.5, 0.6) is 0 Å². The van der Waals surface area contributed by atoms with Gasteiger partial charge in [0.05, 0.1) is 18.2 Å². The SMILES string of the molecule is C#CCO[C@@H]1NC(=O)[C@H]1NC(c1ccccc1)(c1ccccc1)c1ccccc1.COC(=O)C#CCO[C@@H]1NC(=O)[C@H]1NC(c1ccccc1)(c1ccccc1)c1ccccc1.O=C1CCN1NC(c1ccccc1)(c1ccccc1)c1ccccc1. The van der Waals surface area contributed by atoms with Gasteiger partial charge in [0.25, 0.3) is 0 Å². The number of nitrogens with zero attached hydrogens (tertiary/aromatic N) is 1. The summed E-state index contributed by atoms with van der Waals surface area (Å²) in [6.45, 7) is 0.846. The van der Waals surface area contributed by atoms with E-state index in [0.29, 0.717) is 6.42 Å². The molecule has 0 aromatic heterocycles. The fourth-order valence-electron chi connectivity index (χ4n) is 11.2. The van der Waals surface area contributed by atoms with Crippen LogP contribution in [0.3, 0.4) is 0 Å². The van der Waals surface area contributed by atoms with Crippen LogP contribution in [0, 0.1) is 24.2 Å². The number of hydrogen-bond donors (Lipinski definition) is 5. The minimum absolute atomic E-state index is 0.0206. The first-order valence-electron chi connectivity index (χ1n) is 28.7. The molecule has 3 heterocycles. The number of amides is 3. The van der Waals surface area contributed by atoms with Gasteiger partial charge in [0.15, 0.2) is 12.5 Å². The van der Waals surface area contributed by atoms with Crippen molar-refractivity contribution in [3.63, 3.8) is 0 Å². The number of esters is 1. The lowest BCUT2D eigenvalue weighted by atomic mass is 9.76. The number of benzene rings is 9. The van der Waals surface area contributed by atoms with Crippen LogP contribution in [0.4, 0.5) is 0 Å². The summed E-state index contributed by atoms with van der Waals surface area (Å²) in [5.41, 5.74) is 10.8. The molecule has 0 spiro atoms. The van der Waals surface area contributed by atoms with Crippen molar-refractivity contribution in [1.82, 2.24) is 31.7 Å². The maximum absolute atomic E-state index is 12.6. The molecule has 0 radical (unpaired) electrons. The Labute approximate surface area is 508 Å². The molecule has 434 valence electrons. The van der Waals surface area contributed by atoms with Crippen LogP contribution in [0.2, 0.25) is 0 Å². The molecule has 5 N–H and O–H groups in total. The number of ether oxygens (including phenoxy) is 3. The third-order valence-corrected chi connectivity index (χ3v) is 15.6. The summed E-state index contributed by atoms with van der Waals surface area (Å²) in [5, 5.41) is 14.5. The Morgan fingerprint density at radius 2 is 0.736 bits per heavy atom. The summed E-state index contributed by atoms with van der Waals surface area (Å²) in [4.78, 5) is 48.4. The van der Waals surface area contributed by atoms with E-state index >= 15 is 0 Å². The van der Waals surface area contributed by atoms with Gasteiger partial charge in [-0.05, 0) is 50.1 Å². The van der Waals surface area contributed by atoms with Crippen molar-refractivity contribution >= 4 is 23.7 Å². The van der Waals surface area contributed by atoms with Crippen molar-refractivity contribution in [2.45, 2.75) is 47.6 Å². The van der Waals surface area contributed by atoms with Crippen molar-refractivity contribution in [2.24, 2.45) is 0 Å². The molecule has 0 bridgehead atoms. The molecule has 13 heteroatoms. The molecule has 0 aliphatic carbocycles. The van der Waals surface area contributed by atoms with Crippen molar-refractivity contribution in [2.75, 3.05) is 26.9 Å². The van der Waals surface area contributed by atoms with Gasteiger partial charge in [0, 0.05) is 18.9 Å². The molecule has 87 heavy (non-hydrogen) atoms. The van der Waals surface area contributed by atoms with Crippen molar-refractivity contribution < 1.29 is 33.4 Å². The number of carbonyl (C=O) groups is 4. The third-order valence-electron chi connectivity index (χ3n) is 15.6. The maximum atomic E-state index is 12.6. The first kappa shape index (κ1) is 59.9. The van der Waals surface area contributed by atoms with E-state index in [1.54, 1.807) is 5.01 Å². The van der Waals surface area contributed by atoms with Crippen LogP contribution in [0.1, 0.15) is 56.5 Å². The minimum Gasteiger partial charge on any atom is -0.459 e. The zero-order valence-electron chi connectivity index (χ0n) is 48.0. The summed E-state index contributed by atoms with van der Waals surface area (Å²) in [7, 11) is 1.26. The molecule has 0 saturated carbocycles. The fourth-order valence-corrected chi connectivity index (χ4v) is 11.2. The highest BCUT2D eigenvalue weighted by atomic mass is 16.5. The highest BCUT2D eigenvalue weighted by Gasteiger charge is 2.49. The van der Waals surface area contributed by atoms with Gasteiger partial charge in [-0.2, -0.15) is 0 Å². The van der Waals surface area contributed by atoms with Crippen LogP contribution in [-0.4, -0.2) is 80.1 Å². The van der Waals surface area contributed by atoms with Crippen LogP contribution >= 0.6 is 0 Å². The monoisotopic (exact) mass is 1150 g/mol. The quantitative estimate of drug-likeness (QED) is 0.0174. The molecular weight excluding hydrogens is 1080 g/mol. The van der Waals surface area contributed by atoms with Crippen LogP contribution < -0.4 is 26.7 Å². The summed E-state index contributed by atoms with van der Waals surface area (Å²) < 4.78 is 15.9. The molecule has 0 unspecified atom stereocenters. The van der Waals surface area contributed by atoms with Crippen molar-refractivity contribution in [3.05, 3.63) is 323 Å². The predicted octanol–water partition coefficient (Wildman–Crippen LogP) is 9.34. The molecule has 3 amide bonds. The van der Waals surface area contributed by atoms with Gasteiger partial charge in [-0.15, -0.1) is 6.42 Å². The van der Waals surface area contributed by atoms with Crippen LogP contribution in [0.25, 0.3) is 0 Å². The van der Waals surface area contributed by atoms with Crippen LogP contribution in [0.15, 0.2) is 273 Å². The second kappa shape index (κ2) is 28.6. The molecular formula is C74H66N6O7. The third kappa shape index (κ3) is 13.2. The van der Waals surface area contributed by atoms with Crippen molar-refractivity contribution in [3.8, 4) is 24.2 Å². The Bertz CT molecular complexity index is 3510. The highest BCUT2D eigenvalue weighted by Crippen LogP contribution is 2.41. The van der Waals surface area contributed by atoms with E-state index in [9.17, 15) is 19.2 Å². The standard InChI is InChI=1S/C27H24N2O4.C25H22N2O2.C22H20N2O/c1-32-23(30)18-11-19-33-26-24(25(31)28-26)29-27(20-12-5-2-6-13-20,21-14-7-3-8-15-21)22-16-9-4-10-17-22;1-2-18-29-24-22(23(28)26-24)27-25(19-12-6-3-7-13-19,20-14-8-4-9-15-20)21-16-10-5-11-17-21;25-21-16-17-24(21)23-22(18-10-4-1-5-11-18,19-12-6-2-7-13-19)20-14-8-3-9-15-20/h2-10,12-17,24,26,29H,19H2,1H3,(H,28,31);1,3-17,22,24,27H,18H2,(H,26,28);1-15,23H,16-17H2/t24-,26+;22-,24+;/m11./s1. The first-order valence-corrected chi connectivity index (χ1v) is 28.7. The number of β-lactam (4-membered cyclic amide) rings is 3. The summed E-state index contributed by atoms with van der Waals surface area (Å²) in [6.07, 6.45) is 4.85. The second-order valence-electron chi connectivity index (χ2n) is 20.7. The zero-order valence-corrected chi connectivity index (χ0v) is 48.0. The predicted molar refractivity (Wildman–Crippen MR) is 335 cm³/mol. The lowest BCUT2D eigenvalue weighted by molar-refractivity contribution is -0.147. The highest BCUT2D eigenvalue weighted by molar-refractivity contribution is 5.90. The summed E-state index contributed by atoms with van der Waals surface area (Å²) in [5.74, 6) is 6.59. The second-order valence-corrected chi connectivity index (χ2v) is 20.7. The Morgan fingerprint density at radius 1 is 0.460 bits per heavy atom. The van der Waals surface area contributed by atoms with E-state index in [2.05, 4.69) is 122 Å². The van der Waals surface area contributed by atoms with Crippen LogP contribution in [-0.2, 0) is 50.0 Å². The minimum atomic E-state index is -0.800. The fraction of sp³-hybridized carbons (Fsp3) is 0.162. The topological polar surface area (TPSA) is 159 Å². The number of hydrogen-bond acceptors (Lipinski definition) is 10. The molecule has 3 saturated heterocycles. The van der Waals surface area contributed by atoms with Gasteiger partial charge in [-0.25, -0.2) is 10.2 Å². The number of rotatable bonds is 19. The Kier molecular flexibility index (Phi) is 19.7. The first-order chi connectivity index (χ1) is 42.7. The van der Waals surface area contributed by atoms with Gasteiger partial charge >= 0.3 is 5.97 Å². The molecule has 12 rings (SSSR count). The number of carbonyl (C=O) groups excluding carboxylic acids is 4. The average molecular weight is 1150 g/mol. The number of nitrogens with one attached hydrogen (secondary N) is 5. The lowest BCUT2D eigenvalue weighted by Crippen LogP contribution is -2.72. The van der Waals surface area contributed by atoms with Crippen molar-refractivity contribution in [1.29, 1.82) is 0 Å². The van der Waals surface area contributed by atoms with E-state index in [1.807, 2.05) is 200 Å². The lowest BCUT2D eigenvalue weighted by Gasteiger charge is -2.45. The molecule has 13 nitrogen and oxygen atoms in total. The molecule has 9 aromatic rings. The van der Waals surface area contributed by atoms with Gasteiger partial charge < -0.3 is 24.8 Å². The number of hydrazine groups is 1. The molecule has 3 aliphatic rings. The van der Waals surface area contributed by atoms with Gasteiger partial charge in [-0.3, -0.25) is 30.0 Å². The van der Waals surface area contributed by atoms with E-state index in [1.165, 1.54) is 7.11 Å². The van der Waals surface area contributed by atoms with Gasteiger partial charge in [0.2, 0.25) is 17.7 Å². The Hall–Kier alpha value is -10.2. The average Bonchev–Trinajstić information content (AvgIpc) is 1.58. The Balaban J connectivity index is 0.000000146. The number of methoxy groups -OCH3 is 1. The number of terminal acetylenes is 1. The smallest absolute Gasteiger partial charge is 0.384 e. The van der Waals surface area contributed by atoms with E-state index < -0.39 is 47.1 Å². The molecule has 9 aromatic carbocycles. The largest absolute Gasteiger partial charge is 0.459 e. The van der Waals surface area contributed by atoms with E-state index in [-0.39, 0.29) is 30.9 Å². The van der Waals surface area contributed by atoms with Gasteiger partial charge in [-0.1, -0.05) is 285 Å². The summed E-state index contributed by atoms with van der Waals surface area (Å²) >= 11 is 0. The molecule has 3 aliphatic heterocycles. The summed E-state index contributed by atoms with van der Waals surface area (Å²) in [6, 6.07) is 90.2. The maximum Gasteiger partial charge on any atom is 0.384 e. The normalized spacial score (nSPS) is 16.7. The Morgan fingerprint density at radius 3 is 0.966 bits per heavy atom. The molecule has 4 atom stereocenters. The van der Waals surface area contributed by atoms with Gasteiger partial charge in [0.1, 0.15) is 30.8 Å². The zero-order chi connectivity index (χ0) is 60.3. The van der Waals surface area contributed by atoms with E-state index in [4.69, 9.17) is 15.9 Å². The molecule has 3 fully saturated rings.